The molecule has 0 aliphatic rings. The van der Waals surface area contributed by atoms with Crippen LogP contribution in [0.5, 0.6) is 0 Å². The molecule has 2 aromatic rings. The van der Waals surface area contributed by atoms with Crippen LogP contribution < -0.4 is 5.73 Å². The van der Waals surface area contributed by atoms with E-state index >= 15 is 0 Å². The highest BCUT2D eigenvalue weighted by Gasteiger charge is 2.17. The molecular formula is C11H13ClN4. The Morgan fingerprint density at radius 1 is 1.44 bits per heavy atom. The standard InChI is InChI=1S/C11H13ClN4/c1-2-16-7-14-15-11(16)10(13)8-5-3-4-6-9(8)12/h3-7,10H,2,13H2,1H3/t10-/m1/s1. The highest BCUT2D eigenvalue weighted by molar-refractivity contribution is 6.31. The average Bonchev–Trinajstić information content (AvgIpc) is 2.77. The van der Waals surface area contributed by atoms with Gasteiger partial charge in [-0.3, -0.25) is 0 Å². The summed E-state index contributed by atoms with van der Waals surface area (Å²) >= 11 is 6.09. The molecule has 0 aliphatic carbocycles. The molecule has 1 atom stereocenters. The van der Waals surface area contributed by atoms with E-state index in [0.717, 1.165) is 17.9 Å². The van der Waals surface area contributed by atoms with Crippen LogP contribution in [0.1, 0.15) is 24.4 Å². The number of nitrogens with zero attached hydrogens (tertiary/aromatic N) is 3. The van der Waals surface area contributed by atoms with E-state index < -0.39 is 0 Å². The third-order valence-electron chi connectivity index (χ3n) is 2.50. The third-order valence-corrected chi connectivity index (χ3v) is 2.85. The minimum atomic E-state index is -0.337. The molecule has 0 unspecified atom stereocenters. The van der Waals surface area contributed by atoms with E-state index in [0.29, 0.717) is 5.02 Å². The Kier molecular flexibility index (Phi) is 3.22. The van der Waals surface area contributed by atoms with Crippen LogP contribution in [0.4, 0.5) is 0 Å². The molecule has 0 spiro atoms. The number of hydrogen-bond donors (Lipinski definition) is 1. The summed E-state index contributed by atoms with van der Waals surface area (Å²) in [5.74, 6) is 0.732. The zero-order chi connectivity index (χ0) is 11.5. The molecule has 0 aliphatic heterocycles. The molecule has 84 valence electrons. The van der Waals surface area contributed by atoms with Gasteiger partial charge in [0, 0.05) is 11.6 Å². The fraction of sp³-hybridized carbons (Fsp3) is 0.273. The second-order valence-corrected chi connectivity index (χ2v) is 3.88. The van der Waals surface area contributed by atoms with Crippen LogP contribution in [0.25, 0.3) is 0 Å². The van der Waals surface area contributed by atoms with Crippen molar-refractivity contribution >= 4 is 11.6 Å². The van der Waals surface area contributed by atoms with Crippen molar-refractivity contribution in [2.24, 2.45) is 5.73 Å². The predicted octanol–water partition coefficient (Wildman–Crippen LogP) is 2.00. The zero-order valence-electron chi connectivity index (χ0n) is 8.97. The molecule has 0 saturated carbocycles. The Morgan fingerprint density at radius 3 is 2.88 bits per heavy atom. The van der Waals surface area contributed by atoms with Gasteiger partial charge in [-0.05, 0) is 18.6 Å². The normalized spacial score (nSPS) is 12.7. The van der Waals surface area contributed by atoms with Crippen molar-refractivity contribution < 1.29 is 0 Å². The Bertz CT molecular complexity index is 480. The lowest BCUT2D eigenvalue weighted by Crippen LogP contribution is -2.17. The summed E-state index contributed by atoms with van der Waals surface area (Å²) in [6.07, 6.45) is 1.67. The second-order valence-electron chi connectivity index (χ2n) is 3.47. The fourth-order valence-electron chi connectivity index (χ4n) is 1.61. The lowest BCUT2D eigenvalue weighted by atomic mass is 10.1. The lowest BCUT2D eigenvalue weighted by Gasteiger charge is -2.13. The van der Waals surface area contributed by atoms with Gasteiger partial charge in [0.2, 0.25) is 0 Å². The molecule has 0 fully saturated rings. The first-order valence-electron chi connectivity index (χ1n) is 5.11. The molecule has 16 heavy (non-hydrogen) atoms. The van der Waals surface area contributed by atoms with Crippen molar-refractivity contribution in [3.63, 3.8) is 0 Å². The molecular weight excluding hydrogens is 224 g/mol. The maximum Gasteiger partial charge on any atom is 0.154 e. The largest absolute Gasteiger partial charge is 0.318 e. The summed E-state index contributed by atoms with van der Waals surface area (Å²) < 4.78 is 1.91. The number of nitrogens with two attached hydrogens (primary N) is 1. The number of aromatic nitrogens is 3. The maximum atomic E-state index is 6.13. The van der Waals surface area contributed by atoms with Crippen LogP contribution in [-0.4, -0.2) is 14.8 Å². The average molecular weight is 237 g/mol. The van der Waals surface area contributed by atoms with Crippen LogP contribution in [0.3, 0.4) is 0 Å². The van der Waals surface area contributed by atoms with Crippen LogP contribution in [0, 0.1) is 0 Å². The van der Waals surface area contributed by atoms with Gasteiger partial charge < -0.3 is 10.3 Å². The van der Waals surface area contributed by atoms with E-state index in [2.05, 4.69) is 10.2 Å². The predicted molar refractivity (Wildman–Crippen MR) is 63.2 cm³/mol. The van der Waals surface area contributed by atoms with Gasteiger partial charge in [-0.15, -0.1) is 10.2 Å². The van der Waals surface area contributed by atoms with Crippen LogP contribution >= 0.6 is 11.6 Å². The number of benzene rings is 1. The lowest BCUT2D eigenvalue weighted by molar-refractivity contribution is 0.656. The van der Waals surface area contributed by atoms with Crippen molar-refractivity contribution in [2.45, 2.75) is 19.5 Å². The van der Waals surface area contributed by atoms with Gasteiger partial charge in [-0.2, -0.15) is 0 Å². The Balaban J connectivity index is 2.39. The van der Waals surface area contributed by atoms with Crippen molar-refractivity contribution in [1.29, 1.82) is 0 Å². The summed E-state index contributed by atoms with van der Waals surface area (Å²) in [4.78, 5) is 0. The molecule has 1 aromatic carbocycles. The maximum absolute atomic E-state index is 6.13. The molecule has 1 heterocycles. The topological polar surface area (TPSA) is 56.7 Å². The fourth-order valence-corrected chi connectivity index (χ4v) is 1.87. The van der Waals surface area contributed by atoms with Gasteiger partial charge in [0.05, 0.1) is 6.04 Å². The van der Waals surface area contributed by atoms with Crippen molar-refractivity contribution in [3.05, 3.63) is 47.0 Å². The quantitative estimate of drug-likeness (QED) is 0.887. The number of halogens is 1. The number of rotatable bonds is 3. The smallest absolute Gasteiger partial charge is 0.154 e. The van der Waals surface area contributed by atoms with Crippen LogP contribution in [0.2, 0.25) is 5.02 Å². The van der Waals surface area contributed by atoms with Crippen molar-refractivity contribution in [3.8, 4) is 0 Å². The van der Waals surface area contributed by atoms with Crippen molar-refractivity contribution in [2.75, 3.05) is 0 Å². The first-order valence-corrected chi connectivity index (χ1v) is 5.49. The van der Waals surface area contributed by atoms with Gasteiger partial charge in [-0.25, -0.2) is 0 Å². The molecule has 0 radical (unpaired) electrons. The number of hydrogen-bond acceptors (Lipinski definition) is 3. The third kappa shape index (κ3) is 1.94. The van der Waals surface area contributed by atoms with Gasteiger partial charge in [0.25, 0.3) is 0 Å². The highest BCUT2D eigenvalue weighted by Crippen LogP contribution is 2.24. The SMILES string of the molecule is CCn1cnnc1[C@H](N)c1ccccc1Cl. The molecule has 0 amide bonds. The highest BCUT2D eigenvalue weighted by atomic mass is 35.5. The Labute approximate surface area is 99.1 Å². The van der Waals surface area contributed by atoms with Gasteiger partial charge in [0.1, 0.15) is 6.33 Å². The first kappa shape index (κ1) is 11.1. The Morgan fingerprint density at radius 2 is 2.19 bits per heavy atom. The van der Waals surface area contributed by atoms with Crippen LogP contribution in [0.15, 0.2) is 30.6 Å². The Hall–Kier alpha value is -1.39. The van der Waals surface area contributed by atoms with Gasteiger partial charge in [-0.1, -0.05) is 29.8 Å². The molecule has 1 aromatic heterocycles. The summed E-state index contributed by atoms with van der Waals surface area (Å²) in [6, 6.07) is 7.18. The second kappa shape index (κ2) is 4.63. The molecule has 4 nitrogen and oxygen atoms in total. The van der Waals surface area contributed by atoms with E-state index in [4.69, 9.17) is 17.3 Å². The molecule has 0 saturated heterocycles. The summed E-state index contributed by atoms with van der Waals surface area (Å²) in [6.45, 7) is 2.81. The van der Waals surface area contributed by atoms with Crippen molar-refractivity contribution in [1.82, 2.24) is 14.8 Å². The zero-order valence-corrected chi connectivity index (χ0v) is 9.72. The molecule has 2 rings (SSSR count). The van der Waals surface area contributed by atoms with Gasteiger partial charge in [0.15, 0.2) is 5.82 Å². The first-order chi connectivity index (χ1) is 7.74. The summed E-state index contributed by atoms with van der Waals surface area (Å²) in [5.41, 5.74) is 7.00. The van der Waals surface area contributed by atoms with E-state index in [9.17, 15) is 0 Å². The monoisotopic (exact) mass is 236 g/mol. The summed E-state index contributed by atoms with van der Waals surface area (Å²) in [7, 11) is 0. The van der Waals surface area contributed by atoms with Crippen LogP contribution in [-0.2, 0) is 6.54 Å². The molecule has 5 heteroatoms. The van der Waals surface area contributed by atoms with E-state index in [1.807, 2.05) is 35.8 Å². The van der Waals surface area contributed by atoms with E-state index in [1.54, 1.807) is 6.33 Å². The molecule has 0 bridgehead atoms. The van der Waals surface area contributed by atoms with Gasteiger partial charge >= 0.3 is 0 Å². The minimum absolute atomic E-state index is 0.337. The molecule has 2 N–H and O–H groups in total. The van der Waals surface area contributed by atoms with E-state index in [-0.39, 0.29) is 6.04 Å². The number of aryl methyl sites for hydroxylation is 1. The summed E-state index contributed by atoms with van der Waals surface area (Å²) in [5, 5.41) is 8.55. The minimum Gasteiger partial charge on any atom is -0.318 e. The van der Waals surface area contributed by atoms with E-state index in [1.165, 1.54) is 0 Å².